The molecule has 1 aliphatic heterocycles. The molecule has 0 aromatic heterocycles. The smallest absolute Gasteiger partial charge is 0.410 e. The Kier molecular flexibility index (Phi) is 4.01. The topological polar surface area (TPSA) is 72.6 Å². The van der Waals surface area contributed by atoms with Gasteiger partial charge in [-0.15, -0.1) is 0 Å². The Morgan fingerprint density at radius 1 is 1.35 bits per heavy atom. The minimum Gasteiger partial charge on any atom is -0.444 e. The van der Waals surface area contributed by atoms with E-state index in [4.69, 9.17) is 10.5 Å². The largest absolute Gasteiger partial charge is 0.444 e. The monoisotopic (exact) mass is 242 g/mol. The van der Waals surface area contributed by atoms with E-state index in [-0.39, 0.29) is 24.0 Å². The van der Waals surface area contributed by atoms with Crippen molar-refractivity contribution in [2.24, 2.45) is 11.7 Å². The highest BCUT2D eigenvalue weighted by molar-refractivity contribution is 5.79. The summed E-state index contributed by atoms with van der Waals surface area (Å²) < 4.78 is 5.31. The van der Waals surface area contributed by atoms with E-state index in [1.807, 2.05) is 27.7 Å². The van der Waals surface area contributed by atoms with E-state index in [9.17, 15) is 9.59 Å². The molecule has 0 bridgehead atoms. The second-order valence-corrected chi connectivity index (χ2v) is 5.57. The van der Waals surface area contributed by atoms with Crippen LogP contribution >= 0.6 is 0 Å². The van der Waals surface area contributed by atoms with Gasteiger partial charge >= 0.3 is 6.09 Å². The second kappa shape index (κ2) is 4.94. The highest BCUT2D eigenvalue weighted by Crippen LogP contribution is 2.25. The Morgan fingerprint density at radius 3 is 2.41 bits per heavy atom. The zero-order valence-corrected chi connectivity index (χ0v) is 11.0. The first-order valence-corrected chi connectivity index (χ1v) is 6.01. The summed E-state index contributed by atoms with van der Waals surface area (Å²) in [6, 6.07) is -0.184. The summed E-state index contributed by atoms with van der Waals surface area (Å²) in [5.41, 5.74) is 4.81. The minimum atomic E-state index is -0.517. The predicted molar refractivity (Wildman–Crippen MR) is 64.3 cm³/mol. The molecule has 1 saturated heterocycles. The van der Waals surface area contributed by atoms with Crippen molar-refractivity contribution in [2.45, 2.75) is 52.2 Å². The summed E-state index contributed by atoms with van der Waals surface area (Å²) in [7, 11) is 0. The fourth-order valence-corrected chi connectivity index (χ4v) is 2.10. The lowest BCUT2D eigenvalue weighted by molar-refractivity contribution is -0.125. The Labute approximate surface area is 102 Å². The molecule has 1 heterocycles. The molecule has 1 aliphatic rings. The van der Waals surface area contributed by atoms with Gasteiger partial charge in [0.2, 0.25) is 5.91 Å². The molecule has 0 aromatic rings. The Bertz CT molecular complexity index is 309. The van der Waals surface area contributed by atoms with Crippen LogP contribution < -0.4 is 5.73 Å². The number of primary amides is 1. The number of ether oxygens (including phenoxy) is 1. The number of nitrogens with zero attached hydrogens (tertiary/aromatic N) is 1. The molecule has 0 radical (unpaired) electrons. The number of hydrogen-bond donors (Lipinski definition) is 1. The minimum absolute atomic E-state index is 0.184. The van der Waals surface area contributed by atoms with Crippen LogP contribution in [0, 0.1) is 5.92 Å². The fraction of sp³-hybridized carbons (Fsp3) is 0.833. The number of hydrogen-bond acceptors (Lipinski definition) is 3. The summed E-state index contributed by atoms with van der Waals surface area (Å²) in [5, 5.41) is 0. The summed E-state index contributed by atoms with van der Waals surface area (Å²) in [6.07, 6.45) is 1.17. The molecule has 2 N–H and O–H groups in total. The van der Waals surface area contributed by atoms with E-state index in [1.54, 1.807) is 4.90 Å². The molecule has 0 aliphatic carbocycles. The normalized spacial score (nSPS) is 25.5. The third kappa shape index (κ3) is 3.61. The van der Waals surface area contributed by atoms with Gasteiger partial charge in [-0.25, -0.2) is 4.79 Å². The maximum atomic E-state index is 11.9. The average molecular weight is 242 g/mol. The molecule has 0 unspecified atom stereocenters. The molecule has 2 amide bonds. The number of rotatable bonds is 1. The number of piperidine rings is 1. The molecule has 0 spiro atoms. The maximum Gasteiger partial charge on any atom is 0.410 e. The Morgan fingerprint density at radius 2 is 1.94 bits per heavy atom. The standard InChI is InChI=1S/C12H22N2O3/c1-8-9(10(13)15)6-5-7-14(8)11(16)17-12(2,3)4/h8-9H,5-7H2,1-4H3,(H2,13,15)/t8-,9+/m1/s1. The van der Waals surface area contributed by atoms with Crippen LogP contribution in [0.5, 0.6) is 0 Å². The van der Waals surface area contributed by atoms with Gasteiger partial charge in [-0.1, -0.05) is 0 Å². The first kappa shape index (κ1) is 13.8. The van der Waals surface area contributed by atoms with E-state index in [0.717, 1.165) is 12.8 Å². The molecular weight excluding hydrogens is 220 g/mol. The SMILES string of the molecule is C[C@@H]1[C@@H](C(N)=O)CCCN1C(=O)OC(C)(C)C. The van der Waals surface area contributed by atoms with Crippen molar-refractivity contribution in [3.05, 3.63) is 0 Å². The number of likely N-dealkylation sites (tertiary alicyclic amines) is 1. The Balaban J connectivity index is 2.70. The van der Waals surface area contributed by atoms with Crippen molar-refractivity contribution in [3.8, 4) is 0 Å². The van der Waals surface area contributed by atoms with Gasteiger partial charge in [0, 0.05) is 12.6 Å². The van der Waals surface area contributed by atoms with Crippen LogP contribution in [0.1, 0.15) is 40.5 Å². The molecule has 1 rings (SSSR count). The van der Waals surface area contributed by atoms with Crippen LogP contribution in [0.3, 0.4) is 0 Å². The van der Waals surface area contributed by atoms with Crippen LogP contribution in [0.4, 0.5) is 4.79 Å². The van der Waals surface area contributed by atoms with Crippen molar-refractivity contribution < 1.29 is 14.3 Å². The third-order valence-electron chi connectivity index (χ3n) is 2.98. The van der Waals surface area contributed by atoms with Crippen molar-refractivity contribution in [3.63, 3.8) is 0 Å². The third-order valence-corrected chi connectivity index (χ3v) is 2.98. The van der Waals surface area contributed by atoms with Crippen LogP contribution in [-0.2, 0) is 9.53 Å². The first-order chi connectivity index (χ1) is 7.72. The van der Waals surface area contributed by atoms with Crippen LogP contribution in [0.15, 0.2) is 0 Å². The number of carbonyl (C=O) groups excluding carboxylic acids is 2. The van der Waals surface area contributed by atoms with Gasteiger partial charge < -0.3 is 15.4 Å². The van der Waals surface area contributed by atoms with Crippen LogP contribution in [-0.4, -0.2) is 35.1 Å². The maximum absolute atomic E-state index is 11.9. The molecule has 1 fully saturated rings. The number of carbonyl (C=O) groups is 2. The number of nitrogens with two attached hydrogens (primary N) is 1. The molecule has 0 saturated carbocycles. The molecule has 5 heteroatoms. The highest BCUT2D eigenvalue weighted by Gasteiger charge is 2.36. The first-order valence-electron chi connectivity index (χ1n) is 6.01. The zero-order chi connectivity index (χ0) is 13.2. The lowest BCUT2D eigenvalue weighted by Crippen LogP contribution is -2.51. The van der Waals surface area contributed by atoms with Gasteiger partial charge in [0.1, 0.15) is 5.60 Å². The van der Waals surface area contributed by atoms with Crippen molar-refractivity contribution in [1.82, 2.24) is 4.90 Å². The second-order valence-electron chi connectivity index (χ2n) is 5.57. The van der Waals surface area contributed by atoms with Crippen LogP contribution in [0.2, 0.25) is 0 Å². The lowest BCUT2D eigenvalue weighted by atomic mass is 9.90. The summed E-state index contributed by atoms with van der Waals surface area (Å²) in [6.45, 7) is 7.94. The lowest BCUT2D eigenvalue weighted by Gasteiger charge is -2.38. The van der Waals surface area contributed by atoms with Crippen LogP contribution in [0.25, 0.3) is 0 Å². The zero-order valence-electron chi connectivity index (χ0n) is 11.0. The summed E-state index contributed by atoms with van der Waals surface area (Å²) in [4.78, 5) is 24.8. The summed E-state index contributed by atoms with van der Waals surface area (Å²) >= 11 is 0. The fourth-order valence-electron chi connectivity index (χ4n) is 2.10. The van der Waals surface area contributed by atoms with Gasteiger partial charge in [0.25, 0.3) is 0 Å². The van der Waals surface area contributed by atoms with E-state index in [0.29, 0.717) is 6.54 Å². The van der Waals surface area contributed by atoms with E-state index >= 15 is 0 Å². The average Bonchev–Trinajstić information content (AvgIpc) is 2.14. The molecule has 98 valence electrons. The summed E-state index contributed by atoms with van der Waals surface area (Å²) in [5.74, 6) is -0.609. The van der Waals surface area contributed by atoms with E-state index in [2.05, 4.69) is 0 Å². The molecule has 0 aromatic carbocycles. The molecule has 2 atom stereocenters. The quantitative estimate of drug-likeness (QED) is 0.757. The van der Waals surface area contributed by atoms with Gasteiger partial charge in [-0.05, 0) is 40.5 Å². The van der Waals surface area contributed by atoms with Gasteiger partial charge in [0.15, 0.2) is 0 Å². The Hall–Kier alpha value is -1.26. The van der Waals surface area contributed by atoms with Gasteiger partial charge in [-0.3, -0.25) is 4.79 Å². The van der Waals surface area contributed by atoms with Gasteiger partial charge in [-0.2, -0.15) is 0 Å². The molecular formula is C12H22N2O3. The highest BCUT2D eigenvalue weighted by atomic mass is 16.6. The van der Waals surface area contributed by atoms with Crippen molar-refractivity contribution in [1.29, 1.82) is 0 Å². The predicted octanol–water partition coefficient (Wildman–Crippen LogP) is 1.51. The molecule has 17 heavy (non-hydrogen) atoms. The van der Waals surface area contributed by atoms with Crippen molar-refractivity contribution in [2.75, 3.05) is 6.54 Å². The van der Waals surface area contributed by atoms with Crippen molar-refractivity contribution >= 4 is 12.0 Å². The molecule has 5 nitrogen and oxygen atoms in total. The van der Waals surface area contributed by atoms with E-state index < -0.39 is 5.60 Å². The van der Waals surface area contributed by atoms with E-state index in [1.165, 1.54) is 0 Å². The van der Waals surface area contributed by atoms with Gasteiger partial charge in [0.05, 0.1) is 5.92 Å². The number of amides is 2.